The minimum Gasteiger partial charge on any atom is -0.497 e. The Morgan fingerprint density at radius 2 is 2.00 bits per heavy atom. The maximum absolute atomic E-state index is 10.6. The van der Waals surface area contributed by atoms with Crippen molar-refractivity contribution in [3.05, 3.63) is 29.3 Å². The number of hydrogen-bond acceptors (Lipinski definition) is 3. The molecule has 88 valence electrons. The van der Waals surface area contributed by atoms with Crippen LogP contribution in [0.5, 0.6) is 5.75 Å². The standard InChI is InChI=1S/C13H18O2S/c1-10-9-11(15-2)3-4-12(10)13(14)5-7-16-8-6-13/h3-4,9,14H,5-8H2,1-2H3. The molecular formula is C13H18O2S. The second kappa shape index (κ2) is 4.68. The normalized spacial score (nSPS) is 19.4. The molecule has 1 saturated heterocycles. The Bertz CT molecular complexity index is 370. The van der Waals surface area contributed by atoms with E-state index >= 15 is 0 Å². The summed E-state index contributed by atoms with van der Waals surface area (Å²) in [6, 6.07) is 5.93. The Labute approximate surface area is 101 Å². The zero-order valence-electron chi connectivity index (χ0n) is 9.82. The largest absolute Gasteiger partial charge is 0.497 e. The lowest BCUT2D eigenvalue weighted by atomic mass is 9.85. The average molecular weight is 238 g/mol. The molecule has 0 spiro atoms. The molecule has 0 atom stereocenters. The van der Waals surface area contributed by atoms with Crippen LogP contribution in [-0.4, -0.2) is 23.7 Å². The van der Waals surface area contributed by atoms with Gasteiger partial charge in [0.15, 0.2) is 0 Å². The monoisotopic (exact) mass is 238 g/mol. The molecule has 1 aliphatic rings. The van der Waals surface area contributed by atoms with E-state index in [2.05, 4.69) is 0 Å². The van der Waals surface area contributed by atoms with Gasteiger partial charge in [-0.1, -0.05) is 6.07 Å². The summed E-state index contributed by atoms with van der Waals surface area (Å²) in [5, 5.41) is 10.6. The van der Waals surface area contributed by atoms with Crippen molar-refractivity contribution in [2.75, 3.05) is 18.6 Å². The lowest BCUT2D eigenvalue weighted by molar-refractivity contribution is 0.0274. The van der Waals surface area contributed by atoms with E-state index in [1.54, 1.807) is 7.11 Å². The van der Waals surface area contributed by atoms with Crippen molar-refractivity contribution in [2.45, 2.75) is 25.4 Å². The van der Waals surface area contributed by atoms with Crippen LogP contribution in [0.25, 0.3) is 0 Å². The first-order valence-electron chi connectivity index (χ1n) is 5.61. The van der Waals surface area contributed by atoms with Crippen molar-refractivity contribution in [2.24, 2.45) is 0 Å². The van der Waals surface area contributed by atoms with E-state index < -0.39 is 5.60 Å². The van der Waals surface area contributed by atoms with Gasteiger partial charge in [0.05, 0.1) is 12.7 Å². The lowest BCUT2D eigenvalue weighted by Crippen LogP contribution is -2.31. The van der Waals surface area contributed by atoms with Crippen LogP contribution in [0.3, 0.4) is 0 Å². The molecule has 0 amide bonds. The Balaban J connectivity index is 2.32. The maximum atomic E-state index is 10.6. The van der Waals surface area contributed by atoms with Crippen molar-refractivity contribution in [1.29, 1.82) is 0 Å². The summed E-state index contributed by atoms with van der Waals surface area (Å²) >= 11 is 1.92. The number of aryl methyl sites for hydroxylation is 1. The van der Waals surface area contributed by atoms with Gasteiger partial charge in [-0.15, -0.1) is 0 Å². The van der Waals surface area contributed by atoms with E-state index in [0.29, 0.717) is 0 Å². The van der Waals surface area contributed by atoms with Crippen LogP contribution < -0.4 is 4.74 Å². The fraction of sp³-hybridized carbons (Fsp3) is 0.538. The number of rotatable bonds is 2. The van der Waals surface area contributed by atoms with Crippen LogP contribution in [0.1, 0.15) is 24.0 Å². The van der Waals surface area contributed by atoms with Crippen molar-refractivity contribution in [1.82, 2.24) is 0 Å². The molecule has 0 saturated carbocycles. The van der Waals surface area contributed by atoms with Crippen LogP contribution in [0.15, 0.2) is 18.2 Å². The predicted molar refractivity (Wildman–Crippen MR) is 68.2 cm³/mol. The number of thioether (sulfide) groups is 1. The van der Waals surface area contributed by atoms with Crippen molar-refractivity contribution >= 4 is 11.8 Å². The van der Waals surface area contributed by atoms with Gasteiger partial charge in [0.2, 0.25) is 0 Å². The predicted octanol–water partition coefficient (Wildman–Crippen LogP) is 2.72. The summed E-state index contributed by atoms with van der Waals surface area (Å²) in [5.41, 5.74) is 1.56. The lowest BCUT2D eigenvalue weighted by Gasteiger charge is -2.33. The van der Waals surface area contributed by atoms with Crippen LogP contribution >= 0.6 is 11.8 Å². The highest BCUT2D eigenvalue weighted by Crippen LogP contribution is 2.38. The molecule has 1 N–H and O–H groups in total. The fourth-order valence-electron chi connectivity index (χ4n) is 2.26. The molecular weight excluding hydrogens is 220 g/mol. The van der Waals surface area contributed by atoms with Crippen LogP contribution in [0.2, 0.25) is 0 Å². The first-order chi connectivity index (χ1) is 7.65. The van der Waals surface area contributed by atoms with Gasteiger partial charge >= 0.3 is 0 Å². The topological polar surface area (TPSA) is 29.5 Å². The van der Waals surface area contributed by atoms with E-state index in [9.17, 15) is 5.11 Å². The Kier molecular flexibility index (Phi) is 3.45. The van der Waals surface area contributed by atoms with Gasteiger partial charge in [0.1, 0.15) is 5.75 Å². The molecule has 0 bridgehead atoms. The second-order valence-electron chi connectivity index (χ2n) is 4.32. The molecule has 16 heavy (non-hydrogen) atoms. The molecule has 1 heterocycles. The third kappa shape index (κ3) is 2.20. The van der Waals surface area contributed by atoms with Gasteiger partial charge in [0, 0.05) is 0 Å². The molecule has 0 unspecified atom stereocenters. The number of benzene rings is 1. The van der Waals surface area contributed by atoms with Crippen molar-refractivity contribution in [3.8, 4) is 5.75 Å². The van der Waals surface area contributed by atoms with Gasteiger partial charge in [0.25, 0.3) is 0 Å². The highest BCUT2D eigenvalue weighted by atomic mass is 32.2. The zero-order chi connectivity index (χ0) is 11.6. The second-order valence-corrected chi connectivity index (χ2v) is 5.55. The van der Waals surface area contributed by atoms with Gasteiger partial charge in [-0.25, -0.2) is 0 Å². The molecule has 2 nitrogen and oxygen atoms in total. The highest BCUT2D eigenvalue weighted by Gasteiger charge is 2.32. The summed E-state index contributed by atoms with van der Waals surface area (Å²) in [6.07, 6.45) is 1.70. The first-order valence-corrected chi connectivity index (χ1v) is 6.76. The van der Waals surface area contributed by atoms with Crippen molar-refractivity contribution < 1.29 is 9.84 Å². The van der Waals surface area contributed by atoms with Crippen LogP contribution in [0, 0.1) is 6.92 Å². The maximum Gasteiger partial charge on any atom is 0.119 e. The molecule has 1 fully saturated rings. The average Bonchev–Trinajstić information content (AvgIpc) is 2.29. The van der Waals surface area contributed by atoms with Crippen molar-refractivity contribution in [3.63, 3.8) is 0 Å². The third-order valence-corrected chi connectivity index (χ3v) is 4.24. The molecule has 0 aliphatic carbocycles. The minimum absolute atomic E-state index is 0.623. The molecule has 1 aliphatic heterocycles. The molecule has 3 heteroatoms. The summed E-state index contributed by atoms with van der Waals surface area (Å²) in [5.74, 6) is 2.94. The molecule has 0 aromatic heterocycles. The summed E-state index contributed by atoms with van der Waals surface area (Å²) in [6.45, 7) is 2.04. The number of aliphatic hydroxyl groups is 1. The summed E-state index contributed by atoms with van der Waals surface area (Å²) in [4.78, 5) is 0. The van der Waals surface area contributed by atoms with E-state index in [4.69, 9.17) is 4.74 Å². The fourth-order valence-corrected chi connectivity index (χ4v) is 3.43. The van der Waals surface area contributed by atoms with Gasteiger partial charge in [-0.05, 0) is 54.5 Å². The van der Waals surface area contributed by atoms with E-state index in [-0.39, 0.29) is 0 Å². The Morgan fingerprint density at radius 1 is 1.31 bits per heavy atom. The van der Waals surface area contributed by atoms with Gasteiger partial charge < -0.3 is 9.84 Å². The quantitative estimate of drug-likeness (QED) is 0.859. The number of methoxy groups -OCH3 is 1. The minimum atomic E-state index is -0.623. The smallest absolute Gasteiger partial charge is 0.119 e. The Morgan fingerprint density at radius 3 is 2.56 bits per heavy atom. The first kappa shape index (κ1) is 11.8. The SMILES string of the molecule is COc1ccc(C2(O)CCSCC2)c(C)c1. The van der Waals surface area contributed by atoms with E-state index in [1.807, 2.05) is 36.9 Å². The van der Waals surface area contributed by atoms with Crippen LogP contribution in [0.4, 0.5) is 0 Å². The van der Waals surface area contributed by atoms with E-state index in [1.165, 1.54) is 0 Å². The molecule has 1 aromatic carbocycles. The van der Waals surface area contributed by atoms with Crippen LogP contribution in [-0.2, 0) is 5.60 Å². The Hall–Kier alpha value is -0.670. The number of ether oxygens (including phenoxy) is 1. The zero-order valence-corrected chi connectivity index (χ0v) is 10.6. The summed E-state index contributed by atoms with van der Waals surface area (Å²) < 4.78 is 5.18. The van der Waals surface area contributed by atoms with Gasteiger partial charge in [-0.3, -0.25) is 0 Å². The molecule has 0 radical (unpaired) electrons. The van der Waals surface area contributed by atoms with Gasteiger partial charge in [-0.2, -0.15) is 11.8 Å². The third-order valence-electron chi connectivity index (χ3n) is 3.25. The number of hydrogen-bond donors (Lipinski definition) is 1. The molecule has 1 aromatic rings. The van der Waals surface area contributed by atoms with E-state index in [0.717, 1.165) is 41.2 Å². The summed E-state index contributed by atoms with van der Waals surface area (Å²) in [7, 11) is 1.67. The highest BCUT2D eigenvalue weighted by molar-refractivity contribution is 7.99. The molecule has 2 rings (SSSR count).